The van der Waals surface area contributed by atoms with Crippen LogP contribution < -0.4 is 5.32 Å². The Morgan fingerprint density at radius 2 is 2.00 bits per heavy atom. The predicted octanol–water partition coefficient (Wildman–Crippen LogP) is 1.43. The van der Waals surface area contributed by atoms with Crippen molar-refractivity contribution in [3.8, 4) is 0 Å². The van der Waals surface area contributed by atoms with Crippen LogP contribution in [0.1, 0.15) is 11.7 Å². The van der Waals surface area contributed by atoms with Crippen molar-refractivity contribution in [2.24, 2.45) is 5.11 Å². The first-order valence-corrected chi connectivity index (χ1v) is 4.83. The molecule has 3 N–H and O–H groups in total. The highest BCUT2D eigenvalue weighted by Gasteiger charge is 2.17. The van der Waals surface area contributed by atoms with Crippen LogP contribution in [0, 0.1) is 0 Å². The summed E-state index contributed by atoms with van der Waals surface area (Å²) >= 11 is 0. The molecule has 0 heterocycles. The van der Waals surface area contributed by atoms with Gasteiger partial charge < -0.3 is 15.5 Å². The quantitative estimate of drug-likeness (QED) is 0.399. The SMILES string of the molecule is CNc1ccc(C(O)C(O)CN=[N+]=[N-])cc1. The van der Waals surface area contributed by atoms with Crippen molar-refractivity contribution in [3.05, 3.63) is 40.3 Å². The highest BCUT2D eigenvalue weighted by atomic mass is 16.3. The number of anilines is 1. The van der Waals surface area contributed by atoms with Crippen LogP contribution in [0.2, 0.25) is 0 Å². The lowest BCUT2D eigenvalue weighted by molar-refractivity contribution is 0.0244. The lowest BCUT2D eigenvalue weighted by Gasteiger charge is -2.16. The van der Waals surface area contributed by atoms with Gasteiger partial charge in [0.05, 0.1) is 12.6 Å². The van der Waals surface area contributed by atoms with Crippen molar-refractivity contribution in [3.63, 3.8) is 0 Å². The van der Waals surface area contributed by atoms with Gasteiger partial charge in [-0.1, -0.05) is 17.2 Å². The van der Waals surface area contributed by atoms with Crippen molar-refractivity contribution in [2.45, 2.75) is 12.2 Å². The highest BCUT2D eigenvalue weighted by Crippen LogP contribution is 2.19. The topological polar surface area (TPSA) is 101 Å². The van der Waals surface area contributed by atoms with E-state index in [0.29, 0.717) is 5.56 Å². The smallest absolute Gasteiger partial charge is 0.105 e. The number of aliphatic hydroxyl groups excluding tert-OH is 2. The summed E-state index contributed by atoms with van der Waals surface area (Å²) in [6.07, 6.45) is -2.13. The summed E-state index contributed by atoms with van der Waals surface area (Å²) in [5, 5.41) is 25.4. The molecule has 0 spiro atoms. The average molecular weight is 222 g/mol. The summed E-state index contributed by atoms with van der Waals surface area (Å²) in [6, 6.07) is 6.99. The number of benzene rings is 1. The molecular weight excluding hydrogens is 208 g/mol. The molecule has 16 heavy (non-hydrogen) atoms. The molecule has 0 amide bonds. The van der Waals surface area contributed by atoms with E-state index in [-0.39, 0.29) is 6.54 Å². The van der Waals surface area contributed by atoms with Crippen molar-refractivity contribution in [2.75, 3.05) is 18.9 Å². The molecule has 0 aliphatic rings. The minimum Gasteiger partial charge on any atom is -0.390 e. The molecule has 0 aliphatic carbocycles. The minimum absolute atomic E-state index is 0.147. The van der Waals surface area contributed by atoms with E-state index in [1.807, 2.05) is 0 Å². The van der Waals surface area contributed by atoms with Crippen LogP contribution in [0.4, 0.5) is 5.69 Å². The number of nitrogens with zero attached hydrogens (tertiary/aromatic N) is 3. The molecular formula is C10H14N4O2. The predicted molar refractivity (Wildman–Crippen MR) is 61.0 cm³/mol. The van der Waals surface area contributed by atoms with Gasteiger partial charge in [-0.15, -0.1) is 0 Å². The molecule has 0 saturated heterocycles. The minimum atomic E-state index is -1.09. The molecule has 86 valence electrons. The van der Waals surface area contributed by atoms with Crippen LogP contribution in [0.15, 0.2) is 29.4 Å². The number of aliphatic hydroxyl groups is 2. The Morgan fingerprint density at radius 3 is 2.50 bits per heavy atom. The molecule has 0 bridgehead atoms. The second kappa shape index (κ2) is 5.97. The summed E-state index contributed by atoms with van der Waals surface area (Å²) in [4.78, 5) is 2.52. The zero-order valence-electron chi connectivity index (χ0n) is 8.91. The van der Waals surface area contributed by atoms with Gasteiger partial charge in [0, 0.05) is 17.6 Å². The molecule has 6 nitrogen and oxygen atoms in total. The van der Waals surface area contributed by atoms with Gasteiger partial charge in [0.1, 0.15) is 6.10 Å². The number of azide groups is 1. The van der Waals surface area contributed by atoms with Crippen LogP contribution in [0.25, 0.3) is 10.4 Å². The zero-order chi connectivity index (χ0) is 12.0. The van der Waals surface area contributed by atoms with Gasteiger partial charge in [-0.05, 0) is 23.2 Å². The molecule has 0 aromatic heterocycles. The van der Waals surface area contributed by atoms with Crippen LogP contribution >= 0.6 is 0 Å². The monoisotopic (exact) mass is 222 g/mol. The summed E-state index contributed by atoms with van der Waals surface area (Å²) in [7, 11) is 1.79. The maximum atomic E-state index is 9.73. The van der Waals surface area contributed by atoms with Gasteiger partial charge in [-0.2, -0.15) is 0 Å². The fourth-order valence-corrected chi connectivity index (χ4v) is 1.29. The standard InChI is InChI=1S/C10H14N4O2/c1-12-8-4-2-7(3-5-8)10(16)9(15)6-13-14-11/h2-5,9-10,12,15-16H,6H2,1H3. The van der Waals surface area contributed by atoms with Gasteiger partial charge in [-0.3, -0.25) is 0 Å². The lowest BCUT2D eigenvalue weighted by Crippen LogP contribution is -2.21. The van der Waals surface area contributed by atoms with Crippen molar-refractivity contribution in [1.82, 2.24) is 0 Å². The van der Waals surface area contributed by atoms with Crippen molar-refractivity contribution < 1.29 is 10.2 Å². The first-order valence-electron chi connectivity index (χ1n) is 4.83. The fourth-order valence-electron chi connectivity index (χ4n) is 1.29. The molecule has 0 radical (unpaired) electrons. The van der Waals surface area contributed by atoms with Crippen LogP contribution in [0.5, 0.6) is 0 Å². The van der Waals surface area contributed by atoms with Crippen molar-refractivity contribution in [1.29, 1.82) is 0 Å². The van der Waals surface area contributed by atoms with Gasteiger partial charge in [0.25, 0.3) is 0 Å². The lowest BCUT2D eigenvalue weighted by atomic mass is 10.0. The Hall–Kier alpha value is -1.75. The molecule has 1 aromatic carbocycles. The average Bonchev–Trinajstić information content (AvgIpc) is 2.35. The molecule has 0 fully saturated rings. The Balaban J connectivity index is 2.71. The van der Waals surface area contributed by atoms with Crippen LogP contribution in [0.3, 0.4) is 0 Å². The van der Waals surface area contributed by atoms with E-state index in [0.717, 1.165) is 5.69 Å². The highest BCUT2D eigenvalue weighted by molar-refractivity contribution is 5.44. The van der Waals surface area contributed by atoms with E-state index in [9.17, 15) is 10.2 Å². The first kappa shape index (κ1) is 12.3. The van der Waals surface area contributed by atoms with E-state index < -0.39 is 12.2 Å². The van der Waals surface area contributed by atoms with Gasteiger partial charge in [0.15, 0.2) is 0 Å². The molecule has 6 heteroatoms. The summed E-state index contributed by atoms with van der Waals surface area (Å²) < 4.78 is 0. The van der Waals surface area contributed by atoms with Crippen molar-refractivity contribution >= 4 is 5.69 Å². The van der Waals surface area contributed by atoms with Crippen LogP contribution in [-0.2, 0) is 0 Å². The maximum Gasteiger partial charge on any atom is 0.105 e. The third-order valence-corrected chi connectivity index (χ3v) is 2.24. The molecule has 2 unspecified atom stereocenters. The number of nitrogens with one attached hydrogen (secondary N) is 1. The molecule has 0 saturated carbocycles. The van der Waals surface area contributed by atoms with E-state index >= 15 is 0 Å². The summed E-state index contributed by atoms with van der Waals surface area (Å²) in [5.41, 5.74) is 9.59. The summed E-state index contributed by atoms with van der Waals surface area (Å²) in [6.45, 7) is -0.147. The molecule has 1 aromatic rings. The van der Waals surface area contributed by atoms with Gasteiger partial charge in [-0.25, -0.2) is 0 Å². The number of rotatable bonds is 5. The Kier molecular flexibility index (Phi) is 4.60. The van der Waals surface area contributed by atoms with E-state index in [1.54, 1.807) is 31.3 Å². The Labute approximate surface area is 93.2 Å². The third-order valence-electron chi connectivity index (χ3n) is 2.24. The number of hydrogen-bond acceptors (Lipinski definition) is 4. The normalized spacial score (nSPS) is 13.7. The summed E-state index contributed by atoms with van der Waals surface area (Å²) in [5.74, 6) is 0. The Morgan fingerprint density at radius 1 is 1.38 bits per heavy atom. The first-order chi connectivity index (χ1) is 7.69. The fraction of sp³-hybridized carbons (Fsp3) is 0.400. The molecule has 2 atom stereocenters. The zero-order valence-corrected chi connectivity index (χ0v) is 8.91. The van der Waals surface area contributed by atoms with E-state index in [1.165, 1.54) is 0 Å². The van der Waals surface area contributed by atoms with Gasteiger partial charge in [0.2, 0.25) is 0 Å². The second-order valence-corrected chi connectivity index (χ2v) is 3.30. The maximum absolute atomic E-state index is 9.73. The van der Waals surface area contributed by atoms with E-state index in [2.05, 4.69) is 15.3 Å². The van der Waals surface area contributed by atoms with Crippen LogP contribution in [-0.4, -0.2) is 29.9 Å². The molecule has 1 rings (SSSR count). The largest absolute Gasteiger partial charge is 0.390 e. The molecule has 0 aliphatic heterocycles. The van der Waals surface area contributed by atoms with E-state index in [4.69, 9.17) is 5.53 Å². The second-order valence-electron chi connectivity index (χ2n) is 3.30. The number of hydrogen-bond donors (Lipinski definition) is 3. The Bertz CT molecular complexity index is 373. The third kappa shape index (κ3) is 3.13. The van der Waals surface area contributed by atoms with Gasteiger partial charge >= 0.3 is 0 Å².